The molecule has 0 saturated carbocycles. The summed E-state index contributed by atoms with van der Waals surface area (Å²) in [7, 11) is 0. The summed E-state index contributed by atoms with van der Waals surface area (Å²) in [5, 5.41) is 12.3. The Balaban J connectivity index is 2.24. The summed E-state index contributed by atoms with van der Waals surface area (Å²) in [6.07, 6.45) is -2.30. The van der Waals surface area contributed by atoms with Gasteiger partial charge in [0.15, 0.2) is 0 Å². The van der Waals surface area contributed by atoms with Crippen molar-refractivity contribution in [1.82, 2.24) is 5.32 Å². The first-order valence-electron chi connectivity index (χ1n) is 7.05. The summed E-state index contributed by atoms with van der Waals surface area (Å²) in [5.41, 5.74) is -0.530. The molecule has 114 valence electrons. The average Bonchev–Trinajstić information content (AvgIpc) is 2.96. The van der Waals surface area contributed by atoms with Crippen molar-refractivity contribution in [3.8, 4) is 6.07 Å². The van der Waals surface area contributed by atoms with Gasteiger partial charge in [-0.3, -0.25) is 0 Å². The van der Waals surface area contributed by atoms with Crippen molar-refractivity contribution in [2.75, 3.05) is 24.5 Å². The molecule has 1 atom stereocenters. The van der Waals surface area contributed by atoms with Crippen LogP contribution in [0.1, 0.15) is 30.9 Å². The molecule has 1 fully saturated rings. The van der Waals surface area contributed by atoms with E-state index < -0.39 is 11.7 Å². The van der Waals surface area contributed by atoms with Crippen LogP contribution < -0.4 is 10.2 Å². The molecule has 1 unspecified atom stereocenters. The lowest BCUT2D eigenvalue weighted by Crippen LogP contribution is -2.37. The number of alkyl halides is 3. The Morgan fingerprint density at radius 1 is 1.43 bits per heavy atom. The topological polar surface area (TPSA) is 39.1 Å². The fourth-order valence-corrected chi connectivity index (χ4v) is 2.66. The lowest BCUT2D eigenvalue weighted by Gasteiger charge is -2.27. The molecule has 1 heterocycles. The van der Waals surface area contributed by atoms with E-state index in [0.717, 1.165) is 32.0 Å². The largest absolute Gasteiger partial charge is 0.417 e. The maximum absolute atomic E-state index is 12.8. The quantitative estimate of drug-likeness (QED) is 0.928. The van der Waals surface area contributed by atoms with Gasteiger partial charge in [-0.15, -0.1) is 0 Å². The van der Waals surface area contributed by atoms with Gasteiger partial charge in [-0.05, 0) is 44.5 Å². The van der Waals surface area contributed by atoms with Crippen LogP contribution in [0.3, 0.4) is 0 Å². The Hall–Kier alpha value is -1.74. The van der Waals surface area contributed by atoms with Crippen LogP contribution in [0.2, 0.25) is 0 Å². The number of nitrogens with one attached hydrogen (secondary N) is 1. The SMILES string of the molecule is CCN(CC1CCCN1)c1ccc(C(F)(F)F)c(C#N)c1. The van der Waals surface area contributed by atoms with Crippen molar-refractivity contribution >= 4 is 5.69 Å². The van der Waals surface area contributed by atoms with Crippen LogP contribution in [0, 0.1) is 11.3 Å². The van der Waals surface area contributed by atoms with Crippen LogP contribution >= 0.6 is 0 Å². The van der Waals surface area contributed by atoms with E-state index in [1.807, 2.05) is 11.8 Å². The second-order valence-electron chi connectivity index (χ2n) is 5.17. The van der Waals surface area contributed by atoms with Crippen LogP contribution in [0.5, 0.6) is 0 Å². The zero-order valence-corrected chi connectivity index (χ0v) is 11.9. The lowest BCUT2D eigenvalue weighted by molar-refractivity contribution is -0.137. The number of nitriles is 1. The highest BCUT2D eigenvalue weighted by Gasteiger charge is 2.33. The van der Waals surface area contributed by atoms with E-state index >= 15 is 0 Å². The van der Waals surface area contributed by atoms with Gasteiger partial charge in [0.25, 0.3) is 0 Å². The molecule has 1 saturated heterocycles. The molecule has 1 aliphatic heterocycles. The Morgan fingerprint density at radius 3 is 2.71 bits per heavy atom. The smallest absolute Gasteiger partial charge is 0.370 e. The van der Waals surface area contributed by atoms with Crippen molar-refractivity contribution in [2.45, 2.75) is 32.0 Å². The lowest BCUT2D eigenvalue weighted by atomic mass is 10.1. The summed E-state index contributed by atoms with van der Waals surface area (Å²) < 4.78 is 38.4. The van der Waals surface area contributed by atoms with Crippen molar-refractivity contribution in [3.63, 3.8) is 0 Å². The highest BCUT2D eigenvalue weighted by atomic mass is 19.4. The van der Waals surface area contributed by atoms with Crippen LogP contribution in [0.4, 0.5) is 18.9 Å². The van der Waals surface area contributed by atoms with E-state index in [2.05, 4.69) is 5.32 Å². The third kappa shape index (κ3) is 3.67. The predicted molar refractivity (Wildman–Crippen MR) is 75.1 cm³/mol. The molecule has 0 amide bonds. The summed E-state index contributed by atoms with van der Waals surface area (Å²) >= 11 is 0. The van der Waals surface area contributed by atoms with Gasteiger partial charge in [0, 0.05) is 24.8 Å². The maximum Gasteiger partial charge on any atom is 0.417 e. The summed E-state index contributed by atoms with van der Waals surface area (Å²) in [6.45, 7) is 4.37. The number of anilines is 1. The average molecular weight is 297 g/mol. The second kappa shape index (κ2) is 6.35. The normalized spacial score (nSPS) is 18.5. The van der Waals surface area contributed by atoms with Crippen molar-refractivity contribution in [3.05, 3.63) is 29.3 Å². The molecular formula is C15H18F3N3. The van der Waals surface area contributed by atoms with Crippen LogP contribution in [0.25, 0.3) is 0 Å². The van der Waals surface area contributed by atoms with Gasteiger partial charge in [0.05, 0.1) is 17.2 Å². The maximum atomic E-state index is 12.8. The minimum Gasteiger partial charge on any atom is -0.370 e. The number of nitrogens with zero attached hydrogens (tertiary/aromatic N) is 2. The third-order valence-electron chi connectivity index (χ3n) is 3.78. The van der Waals surface area contributed by atoms with E-state index in [4.69, 9.17) is 5.26 Å². The van der Waals surface area contributed by atoms with Crippen molar-refractivity contribution in [2.24, 2.45) is 0 Å². The Labute approximate surface area is 122 Å². The third-order valence-corrected chi connectivity index (χ3v) is 3.78. The second-order valence-corrected chi connectivity index (χ2v) is 5.17. The molecule has 3 nitrogen and oxygen atoms in total. The van der Waals surface area contributed by atoms with E-state index in [0.29, 0.717) is 18.3 Å². The molecule has 2 rings (SSSR count). The molecule has 6 heteroatoms. The molecule has 0 aromatic heterocycles. The molecule has 0 radical (unpaired) electrons. The first-order valence-corrected chi connectivity index (χ1v) is 7.05. The van der Waals surface area contributed by atoms with Gasteiger partial charge in [-0.25, -0.2) is 0 Å². The van der Waals surface area contributed by atoms with Crippen LogP contribution in [0.15, 0.2) is 18.2 Å². The van der Waals surface area contributed by atoms with Gasteiger partial charge in [0.2, 0.25) is 0 Å². The molecule has 1 N–H and O–H groups in total. The Bertz CT molecular complexity index is 528. The number of hydrogen-bond acceptors (Lipinski definition) is 3. The number of halogens is 3. The minimum absolute atomic E-state index is 0.321. The van der Waals surface area contributed by atoms with E-state index in [9.17, 15) is 13.2 Å². The minimum atomic E-state index is -4.49. The molecule has 0 aliphatic carbocycles. The molecule has 1 aliphatic rings. The number of benzene rings is 1. The monoisotopic (exact) mass is 297 g/mol. The van der Waals surface area contributed by atoms with Gasteiger partial charge in [0.1, 0.15) is 0 Å². The van der Waals surface area contributed by atoms with Crippen molar-refractivity contribution < 1.29 is 13.2 Å². The van der Waals surface area contributed by atoms with E-state index in [1.54, 1.807) is 6.07 Å². The number of hydrogen-bond donors (Lipinski definition) is 1. The summed E-state index contributed by atoms with van der Waals surface area (Å²) in [5.74, 6) is 0. The van der Waals surface area contributed by atoms with Gasteiger partial charge < -0.3 is 10.2 Å². The van der Waals surface area contributed by atoms with E-state index in [1.165, 1.54) is 12.1 Å². The number of likely N-dealkylation sites (N-methyl/N-ethyl adjacent to an activating group) is 1. The Kier molecular flexibility index (Phi) is 4.73. The molecule has 0 bridgehead atoms. The Morgan fingerprint density at radius 2 is 2.19 bits per heavy atom. The zero-order valence-electron chi connectivity index (χ0n) is 11.9. The fourth-order valence-electron chi connectivity index (χ4n) is 2.66. The highest BCUT2D eigenvalue weighted by molar-refractivity contribution is 5.55. The fraction of sp³-hybridized carbons (Fsp3) is 0.533. The van der Waals surface area contributed by atoms with E-state index in [-0.39, 0.29) is 5.56 Å². The summed E-state index contributed by atoms with van der Waals surface area (Å²) in [6, 6.07) is 5.79. The summed E-state index contributed by atoms with van der Waals surface area (Å²) in [4.78, 5) is 2.00. The molecule has 1 aromatic rings. The van der Waals surface area contributed by atoms with Gasteiger partial charge in [-0.2, -0.15) is 18.4 Å². The molecule has 1 aromatic carbocycles. The predicted octanol–water partition coefficient (Wildman–Crippen LogP) is 3.16. The van der Waals surface area contributed by atoms with Crippen molar-refractivity contribution in [1.29, 1.82) is 5.26 Å². The van der Waals surface area contributed by atoms with Gasteiger partial charge in [-0.1, -0.05) is 0 Å². The number of rotatable bonds is 4. The standard InChI is InChI=1S/C15H18F3N3/c1-2-21(10-12-4-3-7-20-12)13-5-6-14(15(16,17)18)11(8-13)9-19/h5-6,8,12,20H,2-4,7,10H2,1H3. The van der Waals surface area contributed by atoms with Crippen LogP contribution in [-0.2, 0) is 6.18 Å². The van der Waals surface area contributed by atoms with Crippen LogP contribution in [-0.4, -0.2) is 25.7 Å². The van der Waals surface area contributed by atoms with Gasteiger partial charge >= 0.3 is 6.18 Å². The zero-order chi connectivity index (χ0) is 15.5. The first kappa shape index (κ1) is 15.6. The molecular weight excluding hydrogens is 279 g/mol. The first-order chi connectivity index (χ1) is 9.95. The molecule has 0 spiro atoms. The highest BCUT2D eigenvalue weighted by Crippen LogP contribution is 2.33. The molecule has 21 heavy (non-hydrogen) atoms.